The molecule has 1 heterocycles. The maximum absolute atomic E-state index is 13.6. The van der Waals surface area contributed by atoms with Crippen molar-refractivity contribution in [2.45, 2.75) is 26.7 Å². The molecule has 0 radical (unpaired) electrons. The van der Waals surface area contributed by atoms with E-state index in [1.165, 1.54) is 12.1 Å². The third-order valence-corrected chi connectivity index (χ3v) is 5.56. The Bertz CT molecular complexity index is 1240. The molecule has 4 rings (SSSR count). The van der Waals surface area contributed by atoms with E-state index in [1.807, 2.05) is 55.5 Å². The zero-order valence-corrected chi connectivity index (χ0v) is 18.3. The minimum absolute atomic E-state index is 0.0215. The van der Waals surface area contributed by atoms with Gasteiger partial charge in [-0.2, -0.15) is 0 Å². The summed E-state index contributed by atoms with van der Waals surface area (Å²) in [6.07, 6.45) is 3.67. The molecule has 1 amide bonds. The van der Waals surface area contributed by atoms with Crippen LogP contribution in [0.3, 0.4) is 0 Å². The maximum Gasteiger partial charge on any atom is 0.269 e. The van der Waals surface area contributed by atoms with Crippen LogP contribution in [0.2, 0.25) is 0 Å². The lowest BCUT2D eigenvalue weighted by Crippen LogP contribution is -2.26. The van der Waals surface area contributed by atoms with Gasteiger partial charge in [0.25, 0.3) is 11.6 Å². The third-order valence-electron chi connectivity index (χ3n) is 5.56. The molecule has 32 heavy (non-hydrogen) atoms. The largest absolute Gasteiger partial charge is 0.276 e. The first-order valence-electron chi connectivity index (χ1n) is 10.5. The van der Waals surface area contributed by atoms with Crippen LogP contribution in [0.1, 0.15) is 42.0 Å². The summed E-state index contributed by atoms with van der Waals surface area (Å²) in [6.45, 7) is 6.26. The second kappa shape index (κ2) is 8.63. The predicted octanol–water partition coefficient (Wildman–Crippen LogP) is 6.50. The summed E-state index contributed by atoms with van der Waals surface area (Å²) < 4.78 is 0. The van der Waals surface area contributed by atoms with E-state index in [9.17, 15) is 14.9 Å². The number of rotatable bonds is 5. The number of para-hydroxylation sites is 1. The first kappa shape index (κ1) is 21.2. The van der Waals surface area contributed by atoms with Crippen molar-refractivity contribution in [2.75, 3.05) is 4.90 Å². The molecule has 0 atom stereocenters. The summed E-state index contributed by atoms with van der Waals surface area (Å²) in [5.41, 5.74) is 6.17. The lowest BCUT2D eigenvalue weighted by Gasteiger charge is -2.25. The van der Waals surface area contributed by atoms with Gasteiger partial charge < -0.3 is 0 Å². The molecule has 0 bridgehead atoms. The Kier molecular flexibility index (Phi) is 5.73. The average Bonchev–Trinajstić information content (AvgIpc) is 3.10. The number of carbonyl (C=O) groups is 1. The number of nitro benzene ring substituents is 1. The molecule has 5 heteroatoms. The third kappa shape index (κ3) is 4.10. The molecular formula is C27H24N2O3. The normalized spacial score (nSPS) is 14.9. The number of nitro groups is 1. The molecule has 0 saturated heterocycles. The van der Waals surface area contributed by atoms with Crippen molar-refractivity contribution in [2.24, 2.45) is 0 Å². The van der Waals surface area contributed by atoms with Crippen LogP contribution in [-0.4, -0.2) is 10.8 Å². The van der Waals surface area contributed by atoms with Crippen LogP contribution in [0.15, 0.2) is 84.4 Å². The minimum Gasteiger partial charge on any atom is -0.276 e. The van der Waals surface area contributed by atoms with Gasteiger partial charge in [0, 0.05) is 17.7 Å². The fraction of sp³-hybridized carbons (Fsp3) is 0.148. The van der Waals surface area contributed by atoms with Gasteiger partial charge in [-0.05, 0) is 59.9 Å². The Morgan fingerprint density at radius 2 is 1.59 bits per heavy atom. The van der Waals surface area contributed by atoms with Gasteiger partial charge in [-0.3, -0.25) is 19.8 Å². The molecule has 5 nitrogen and oxygen atoms in total. The molecule has 0 saturated carbocycles. The molecule has 0 unspecified atom stereocenters. The Hall–Kier alpha value is -3.99. The molecule has 160 valence electrons. The summed E-state index contributed by atoms with van der Waals surface area (Å²) >= 11 is 0. The van der Waals surface area contributed by atoms with Gasteiger partial charge in [0.1, 0.15) is 0 Å². The SMILES string of the molecule is Cc1ccc(C2=C/C(=C\c3ccc([N+](=O)[O-])cc3)C(=O)N2c2ccccc2C(C)C)cc1. The summed E-state index contributed by atoms with van der Waals surface area (Å²) in [6, 6.07) is 22.3. The van der Waals surface area contributed by atoms with Crippen molar-refractivity contribution in [3.8, 4) is 0 Å². The lowest BCUT2D eigenvalue weighted by atomic mass is 9.99. The maximum atomic E-state index is 13.6. The number of nitrogens with zero attached hydrogens (tertiary/aromatic N) is 2. The predicted molar refractivity (Wildman–Crippen MR) is 128 cm³/mol. The monoisotopic (exact) mass is 424 g/mol. The first-order valence-corrected chi connectivity index (χ1v) is 10.5. The number of anilines is 1. The Balaban J connectivity index is 1.83. The van der Waals surface area contributed by atoms with E-state index < -0.39 is 4.92 Å². The van der Waals surface area contributed by atoms with Crippen LogP contribution < -0.4 is 4.90 Å². The Morgan fingerprint density at radius 3 is 2.22 bits per heavy atom. The molecule has 0 aliphatic carbocycles. The summed E-state index contributed by atoms with van der Waals surface area (Å²) in [4.78, 5) is 25.9. The van der Waals surface area contributed by atoms with E-state index in [0.29, 0.717) is 5.57 Å². The van der Waals surface area contributed by atoms with Crippen LogP contribution >= 0.6 is 0 Å². The first-order chi connectivity index (χ1) is 15.3. The summed E-state index contributed by atoms with van der Waals surface area (Å²) in [7, 11) is 0. The number of non-ortho nitro benzene ring substituents is 1. The van der Waals surface area contributed by atoms with Crippen LogP contribution in [0.4, 0.5) is 11.4 Å². The highest BCUT2D eigenvalue weighted by Crippen LogP contribution is 2.39. The fourth-order valence-corrected chi connectivity index (χ4v) is 3.84. The Morgan fingerprint density at radius 1 is 0.938 bits per heavy atom. The van der Waals surface area contributed by atoms with Gasteiger partial charge in [0.2, 0.25) is 0 Å². The highest BCUT2D eigenvalue weighted by molar-refractivity contribution is 6.23. The molecule has 1 aliphatic heterocycles. The molecular weight excluding hydrogens is 400 g/mol. The molecule has 3 aromatic carbocycles. The van der Waals surface area contributed by atoms with E-state index in [1.54, 1.807) is 23.1 Å². The number of amides is 1. The summed E-state index contributed by atoms with van der Waals surface area (Å²) in [5.74, 6) is 0.132. The van der Waals surface area contributed by atoms with E-state index in [0.717, 1.165) is 33.6 Å². The van der Waals surface area contributed by atoms with Gasteiger partial charge in [-0.1, -0.05) is 61.9 Å². The quantitative estimate of drug-likeness (QED) is 0.267. The van der Waals surface area contributed by atoms with E-state index in [-0.39, 0.29) is 17.5 Å². The zero-order valence-electron chi connectivity index (χ0n) is 18.3. The van der Waals surface area contributed by atoms with Gasteiger partial charge in [-0.25, -0.2) is 0 Å². The average molecular weight is 425 g/mol. The highest BCUT2D eigenvalue weighted by atomic mass is 16.6. The van der Waals surface area contributed by atoms with E-state index >= 15 is 0 Å². The van der Waals surface area contributed by atoms with Crippen molar-refractivity contribution in [3.63, 3.8) is 0 Å². The smallest absolute Gasteiger partial charge is 0.269 e. The number of hydrogen-bond donors (Lipinski definition) is 0. The summed E-state index contributed by atoms with van der Waals surface area (Å²) in [5, 5.41) is 10.9. The van der Waals surface area contributed by atoms with Gasteiger partial charge >= 0.3 is 0 Å². The fourth-order valence-electron chi connectivity index (χ4n) is 3.84. The van der Waals surface area contributed by atoms with Gasteiger partial charge in [0.15, 0.2) is 0 Å². The molecule has 0 fully saturated rings. The molecule has 0 spiro atoms. The number of benzene rings is 3. The molecule has 1 aliphatic rings. The zero-order chi connectivity index (χ0) is 22.8. The standard InChI is InChI=1S/C27H24N2O3/c1-18(2)24-6-4-5-7-25(24)28-26(21-12-8-19(3)9-13-21)17-22(27(28)30)16-20-10-14-23(15-11-20)29(31)32/h4-18H,1-3H3/b22-16+. The van der Waals surface area contributed by atoms with E-state index in [4.69, 9.17) is 0 Å². The van der Waals surface area contributed by atoms with Crippen molar-refractivity contribution in [1.29, 1.82) is 0 Å². The minimum atomic E-state index is -0.433. The molecule has 0 N–H and O–H groups in total. The second-order valence-corrected chi connectivity index (χ2v) is 8.20. The highest BCUT2D eigenvalue weighted by Gasteiger charge is 2.32. The number of hydrogen-bond acceptors (Lipinski definition) is 3. The van der Waals surface area contributed by atoms with Crippen molar-refractivity contribution >= 4 is 29.1 Å². The van der Waals surface area contributed by atoms with Crippen LogP contribution in [0.5, 0.6) is 0 Å². The molecule has 0 aromatic heterocycles. The Labute approximate surface area is 187 Å². The van der Waals surface area contributed by atoms with E-state index in [2.05, 4.69) is 19.9 Å². The topological polar surface area (TPSA) is 63.5 Å². The van der Waals surface area contributed by atoms with Gasteiger partial charge in [0.05, 0.1) is 16.3 Å². The van der Waals surface area contributed by atoms with Crippen molar-refractivity contribution in [3.05, 3.63) is 117 Å². The van der Waals surface area contributed by atoms with Crippen LogP contribution in [0.25, 0.3) is 11.8 Å². The van der Waals surface area contributed by atoms with Crippen LogP contribution in [0, 0.1) is 17.0 Å². The van der Waals surface area contributed by atoms with Gasteiger partial charge in [-0.15, -0.1) is 0 Å². The number of aryl methyl sites for hydroxylation is 1. The number of carbonyl (C=O) groups excluding carboxylic acids is 1. The lowest BCUT2D eigenvalue weighted by molar-refractivity contribution is -0.384. The molecule has 3 aromatic rings. The van der Waals surface area contributed by atoms with Crippen molar-refractivity contribution in [1.82, 2.24) is 0 Å². The second-order valence-electron chi connectivity index (χ2n) is 8.20. The van der Waals surface area contributed by atoms with Crippen molar-refractivity contribution < 1.29 is 9.72 Å². The van der Waals surface area contributed by atoms with Crippen LogP contribution in [-0.2, 0) is 4.79 Å².